The fraction of sp³-hybridized carbons (Fsp3) is 0.508. The summed E-state index contributed by atoms with van der Waals surface area (Å²) in [6.07, 6.45) is 36.1. The van der Waals surface area contributed by atoms with Gasteiger partial charge in [-0.2, -0.15) is 0 Å². The summed E-state index contributed by atoms with van der Waals surface area (Å²) in [5.74, 6) is -2.38. The number of aliphatic hydroxyl groups excluding tert-OH is 1. The molecule has 3 heterocycles. The van der Waals surface area contributed by atoms with E-state index in [2.05, 4.69) is 38.7 Å². The van der Waals surface area contributed by atoms with Gasteiger partial charge in [-0.05, 0) is 145 Å². The van der Waals surface area contributed by atoms with Gasteiger partial charge in [0.15, 0.2) is 6.10 Å². The molecule has 76 heavy (non-hydrogen) atoms. The quantitative estimate of drug-likeness (QED) is 0.0763. The lowest BCUT2D eigenvalue weighted by atomic mass is 9.99. The van der Waals surface area contributed by atoms with Crippen LogP contribution < -0.4 is 26.6 Å². The Labute approximate surface area is 453 Å². The second-order valence-electron chi connectivity index (χ2n) is 19.9. The molecular formula is C63H87N5O8. The average Bonchev–Trinajstić information content (AvgIpc) is 3.44. The van der Waals surface area contributed by atoms with Crippen LogP contribution in [0, 0.1) is 0 Å². The molecule has 1 unspecified atom stereocenters. The number of benzene rings is 3. The van der Waals surface area contributed by atoms with Gasteiger partial charge in [-0.15, -0.1) is 0 Å². The first-order chi connectivity index (χ1) is 37.1. The fourth-order valence-electron chi connectivity index (χ4n) is 9.52. The number of nitrogens with one attached hydrogen (secondary N) is 5. The van der Waals surface area contributed by atoms with Gasteiger partial charge in [0.05, 0.1) is 12.1 Å². The summed E-state index contributed by atoms with van der Waals surface area (Å²) in [4.78, 5) is 85.8. The van der Waals surface area contributed by atoms with Crippen LogP contribution in [0.15, 0.2) is 109 Å². The van der Waals surface area contributed by atoms with Crippen molar-refractivity contribution in [2.45, 2.75) is 192 Å². The molecule has 0 saturated carbocycles. The van der Waals surface area contributed by atoms with Gasteiger partial charge < -0.3 is 36.5 Å². The van der Waals surface area contributed by atoms with Crippen molar-refractivity contribution < 1.29 is 38.7 Å². The van der Waals surface area contributed by atoms with Crippen LogP contribution in [-0.4, -0.2) is 84.0 Å². The van der Waals surface area contributed by atoms with Crippen molar-refractivity contribution in [2.75, 3.05) is 13.1 Å². The van der Waals surface area contributed by atoms with E-state index >= 15 is 0 Å². The number of allylic oxidation sites excluding steroid dienone is 3. The van der Waals surface area contributed by atoms with E-state index < -0.39 is 41.8 Å². The summed E-state index contributed by atoms with van der Waals surface area (Å²) >= 11 is 0. The van der Waals surface area contributed by atoms with E-state index in [1.54, 1.807) is 19.9 Å². The van der Waals surface area contributed by atoms with Crippen LogP contribution in [0.3, 0.4) is 0 Å². The number of carbonyl (C=O) groups excluding carboxylic acids is 7. The van der Waals surface area contributed by atoms with Crippen LogP contribution in [0.25, 0.3) is 0 Å². The maximum atomic E-state index is 12.9. The first-order valence-corrected chi connectivity index (χ1v) is 28.4. The highest BCUT2D eigenvalue weighted by Crippen LogP contribution is 2.19. The van der Waals surface area contributed by atoms with Crippen molar-refractivity contribution in [1.29, 1.82) is 0 Å². The van der Waals surface area contributed by atoms with Crippen LogP contribution in [0.5, 0.6) is 0 Å². The van der Waals surface area contributed by atoms with Gasteiger partial charge in [0.2, 0.25) is 5.78 Å². The van der Waals surface area contributed by atoms with Crippen molar-refractivity contribution >= 4 is 41.6 Å². The molecule has 3 aromatic carbocycles. The van der Waals surface area contributed by atoms with Gasteiger partial charge in [-0.1, -0.05) is 149 Å². The minimum absolute atomic E-state index is 0.143. The van der Waals surface area contributed by atoms with Gasteiger partial charge in [0.25, 0.3) is 29.5 Å². The van der Waals surface area contributed by atoms with Crippen LogP contribution in [0.2, 0.25) is 0 Å². The molecule has 0 saturated heterocycles. The summed E-state index contributed by atoms with van der Waals surface area (Å²) in [5.41, 5.74) is 5.01. The summed E-state index contributed by atoms with van der Waals surface area (Å²) in [7, 11) is 0. The Bertz CT molecular complexity index is 2360. The third-order valence-corrected chi connectivity index (χ3v) is 13.9. The van der Waals surface area contributed by atoms with E-state index in [1.807, 2.05) is 91.0 Å². The van der Waals surface area contributed by atoms with Gasteiger partial charge >= 0.3 is 0 Å². The van der Waals surface area contributed by atoms with E-state index in [1.165, 1.54) is 51.4 Å². The Morgan fingerprint density at radius 2 is 0.908 bits per heavy atom. The Hall–Kier alpha value is -6.47. The zero-order valence-electron chi connectivity index (χ0n) is 45.5. The number of amides is 5. The molecule has 0 fully saturated rings. The lowest BCUT2D eigenvalue weighted by molar-refractivity contribution is -0.138. The number of hydrogen-bond acceptors (Lipinski definition) is 8. The third-order valence-electron chi connectivity index (χ3n) is 13.9. The number of aryl methyl sites for hydroxylation is 3. The van der Waals surface area contributed by atoms with E-state index in [0.717, 1.165) is 106 Å². The predicted octanol–water partition coefficient (Wildman–Crippen LogP) is 10.3. The van der Waals surface area contributed by atoms with E-state index in [0.29, 0.717) is 49.0 Å². The Kier molecular flexibility index (Phi) is 30.5. The average molecular weight is 1040 g/mol. The number of hydrogen-bond donors (Lipinski definition) is 6. The molecule has 13 nitrogen and oxygen atoms in total. The minimum Gasteiger partial charge on any atom is -0.381 e. The second kappa shape index (κ2) is 37.3. The number of carbonyl (C=O) groups is 7. The molecule has 412 valence electrons. The number of fused-ring (bicyclic) bond motifs is 3. The summed E-state index contributed by atoms with van der Waals surface area (Å²) in [6, 6.07) is 20.9. The van der Waals surface area contributed by atoms with Crippen LogP contribution in [0.1, 0.15) is 196 Å². The maximum absolute atomic E-state index is 12.9. The van der Waals surface area contributed by atoms with Gasteiger partial charge in [-0.3, -0.25) is 28.8 Å². The van der Waals surface area contributed by atoms with E-state index in [-0.39, 0.29) is 17.7 Å². The molecule has 0 bridgehead atoms. The monoisotopic (exact) mass is 1040 g/mol. The zero-order chi connectivity index (χ0) is 54.6. The van der Waals surface area contributed by atoms with Crippen molar-refractivity contribution in [3.8, 4) is 0 Å². The normalized spacial score (nSPS) is 21.5. The smallest absolute Gasteiger partial charge is 0.289 e. The molecule has 13 heteroatoms. The number of rotatable bonds is 7. The maximum Gasteiger partial charge on any atom is 0.289 e. The number of likely N-dealkylation sites (N-methyl/N-ethyl adjacent to an activating group) is 2. The fourth-order valence-corrected chi connectivity index (χ4v) is 9.52. The standard InChI is InChI=1S/C22H32N2O3.C22H30N2O3.C19H25NO2/c2*1-2-23-22(27)20(25)19-16-10-8-6-4-3-5-7-9-13-17-14-11-12-15-18(17)21(26)24-19;21-15-17-13-8-6-4-2-1-3-5-7-11-16-12-9-10-14-18(16)19(22)20-17/h8,10-12,14-15,19-20,25H,2-7,9,13,16H2,1H3,(H,23,27)(H,24,26);8,10-12,14-15,19H,2-7,9,13,16H2,1H3,(H,23,27)(H,24,26);6,8-10,12,14-15,17H,1-5,7,11,13H2,(H,20,22)/b2*10-8+;8-6+/t19-,20?;19-;17-/m000/s1. The van der Waals surface area contributed by atoms with Crippen molar-refractivity contribution in [3.63, 3.8) is 0 Å². The number of Topliss-reactive ketones (excluding diaryl/α,β-unsaturated/α-hetero) is 1. The van der Waals surface area contributed by atoms with Gasteiger partial charge in [0.1, 0.15) is 12.3 Å². The van der Waals surface area contributed by atoms with Crippen LogP contribution in [0.4, 0.5) is 0 Å². The van der Waals surface area contributed by atoms with Crippen molar-refractivity contribution in [3.05, 3.63) is 143 Å². The molecule has 5 amide bonds. The molecule has 6 N–H and O–H groups in total. The first kappa shape index (κ1) is 62.1. The molecule has 0 spiro atoms. The highest BCUT2D eigenvalue weighted by Gasteiger charge is 2.28. The highest BCUT2D eigenvalue weighted by molar-refractivity contribution is 6.38. The Balaban J connectivity index is 0.000000248. The molecule has 0 aromatic heterocycles. The lowest BCUT2D eigenvalue weighted by Crippen LogP contribution is -2.50. The summed E-state index contributed by atoms with van der Waals surface area (Å²) in [6.45, 7) is 4.38. The predicted molar refractivity (Wildman–Crippen MR) is 303 cm³/mol. The first-order valence-electron chi connectivity index (χ1n) is 28.4. The topological polar surface area (TPSA) is 200 Å². The molecule has 3 aliphatic heterocycles. The van der Waals surface area contributed by atoms with Crippen LogP contribution >= 0.6 is 0 Å². The molecular weight excluding hydrogens is 955 g/mol. The molecule has 6 rings (SSSR count). The number of aldehydes is 1. The van der Waals surface area contributed by atoms with Crippen molar-refractivity contribution in [1.82, 2.24) is 26.6 Å². The summed E-state index contributed by atoms with van der Waals surface area (Å²) in [5, 5.41) is 24.1. The van der Waals surface area contributed by atoms with Crippen LogP contribution in [-0.2, 0) is 38.4 Å². The minimum atomic E-state index is -1.28. The lowest BCUT2D eigenvalue weighted by Gasteiger charge is -2.23. The number of aliphatic hydroxyl groups is 1. The molecule has 0 radical (unpaired) electrons. The van der Waals surface area contributed by atoms with Gasteiger partial charge in [-0.25, -0.2) is 0 Å². The van der Waals surface area contributed by atoms with E-state index in [9.17, 15) is 38.7 Å². The van der Waals surface area contributed by atoms with E-state index in [4.69, 9.17) is 0 Å². The Morgan fingerprint density at radius 1 is 0.513 bits per heavy atom. The van der Waals surface area contributed by atoms with Crippen molar-refractivity contribution in [2.24, 2.45) is 0 Å². The Morgan fingerprint density at radius 3 is 1.37 bits per heavy atom. The molecule has 3 aromatic rings. The third kappa shape index (κ3) is 23.2. The summed E-state index contributed by atoms with van der Waals surface area (Å²) < 4.78 is 0. The largest absolute Gasteiger partial charge is 0.381 e. The van der Waals surface area contributed by atoms with Gasteiger partial charge in [0, 0.05) is 29.8 Å². The highest BCUT2D eigenvalue weighted by atomic mass is 16.3. The zero-order valence-corrected chi connectivity index (χ0v) is 45.5. The second-order valence-corrected chi connectivity index (χ2v) is 19.9. The molecule has 4 atom stereocenters. The molecule has 3 aliphatic rings. The number of ketones is 1. The SMILES string of the molecule is CCNC(=O)C(=O)[C@@H]1C/C=C/CCCCCCCc2ccccc2C(=O)N1.CCNC(=O)C(O)[C@@H]1C/C=C/CCCCCCCc2ccccc2C(=O)N1.O=C[C@@H]1C/C=C/CCCCCCCc2ccccc2C(=O)N1. The molecule has 0 aliphatic carbocycles.